The van der Waals surface area contributed by atoms with Crippen molar-refractivity contribution in [3.63, 3.8) is 0 Å². The zero-order chi connectivity index (χ0) is 14.7. The summed E-state index contributed by atoms with van der Waals surface area (Å²) in [6.07, 6.45) is 0.542. The molecule has 0 aromatic rings. The molecule has 0 aromatic carbocycles. The minimum atomic E-state index is 0.0112. The molecule has 0 fully saturated rings. The van der Waals surface area contributed by atoms with Crippen LogP contribution in [0.2, 0.25) is 0 Å². The highest BCUT2D eigenvalue weighted by atomic mass is 16.5. The first kappa shape index (κ1) is 18.1. The van der Waals surface area contributed by atoms with Crippen LogP contribution in [0.15, 0.2) is 0 Å². The van der Waals surface area contributed by atoms with E-state index in [1.165, 1.54) is 0 Å². The minimum Gasteiger partial charge on any atom is -0.377 e. The molecule has 0 aliphatic carbocycles. The van der Waals surface area contributed by atoms with E-state index in [1.807, 2.05) is 27.7 Å². The van der Waals surface area contributed by atoms with Gasteiger partial charge in [-0.15, -0.1) is 0 Å². The Hall–Kier alpha value is -0.940. The monoisotopic (exact) mass is 273 g/mol. The van der Waals surface area contributed by atoms with Gasteiger partial charge in [0.05, 0.1) is 19.8 Å². The van der Waals surface area contributed by atoms with Gasteiger partial charge in [-0.25, -0.2) is 0 Å². The summed E-state index contributed by atoms with van der Waals surface area (Å²) in [5, 5.41) is 2.78. The molecule has 0 saturated heterocycles. The fraction of sp³-hybridized carbons (Fsp3) is 0.857. The lowest BCUT2D eigenvalue weighted by molar-refractivity contribution is -0.127. The first-order chi connectivity index (χ1) is 8.93. The maximum absolute atomic E-state index is 11.3. The summed E-state index contributed by atoms with van der Waals surface area (Å²) in [5.41, 5.74) is 0. The second kappa shape index (κ2) is 10.9. The average molecular weight is 273 g/mol. The van der Waals surface area contributed by atoms with Gasteiger partial charge in [-0.1, -0.05) is 27.7 Å². The first-order valence-corrected chi connectivity index (χ1v) is 6.88. The number of hydrogen-bond donors (Lipinski definition) is 1. The van der Waals surface area contributed by atoms with Gasteiger partial charge in [0.15, 0.2) is 5.78 Å². The van der Waals surface area contributed by atoms with E-state index >= 15 is 0 Å². The van der Waals surface area contributed by atoms with Crippen LogP contribution in [-0.2, 0) is 19.1 Å². The molecule has 19 heavy (non-hydrogen) atoms. The van der Waals surface area contributed by atoms with Gasteiger partial charge in [0.2, 0.25) is 5.91 Å². The standard InChI is InChI=1S/C14H27NO4/c1-11(2)9-14(17)15-5-6-18-7-8-19-10-13(16)12(3)4/h11-12H,5-10H2,1-4H3,(H,15,17). The van der Waals surface area contributed by atoms with Crippen molar-refractivity contribution in [1.82, 2.24) is 5.32 Å². The molecule has 0 spiro atoms. The summed E-state index contributed by atoms with van der Waals surface area (Å²) in [4.78, 5) is 22.5. The molecule has 0 rings (SSSR count). The van der Waals surface area contributed by atoms with Gasteiger partial charge in [0, 0.05) is 18.9 Å². The maximum Gasteiger partial charge on any atom is 0.220 e. The van der Waals surface area contributed by atoms with Crippen molar-refractivity contribution in [2.45, 2.75) is 34.1 Å². The van der Waals surface area contributed by atoms with Crippen LogP contribution in [-0.4, -0.2) is 44.7 Å². The number of hydrogen-bond acceptors (Lipinski definition) is 4. The predicted octanol–water partition coefficient (Wildman–Crippen LogP) is 1.41. The van der Waals surface area contributed by atoms with Gasteiger partial charge < -0.3 is 14.8 Å². The number of carbonyl (C=O) groups is 2. The number of nitrogens with one attached hydrogen (secondary N) is 1. The van der Waals surface area contributed by atoms with E-state index in [2.05, 4.69) is 5.32 Å². The second-order valence-corrected chi connectivity index (χ2v) is 5.23. The van der Waals surface area contributed by atoms with E-state index in [0.29, 0.717) is 38.7 Å². The smallest absolute Gasteiger partial charge is 0.220 e. The van der Waals surface area contributed by atoms with E-state index in [0.717, 1.165) is 0 Å². The molecule has 0 atom stereocenters. The van der Waals surface area contributed by atoms with Crippen LogP contribution in [0.4, 0.5) is 0 Å². The zero-order valence-electron chi connectivity index (χ0n) is 12.5. The van der Waals surface area contributed by atoms with Gasteiger partial charge in [0.1, 0.15) is 6.61 Å². The molecule has 0 unspecified atom stereocenters. The highest BCUT2D eigenvalue weighted by Gasteiger charge is 2.06. The SMILES string of the molecule is CC(C)CC(=O)NCCOCCOCC(=O)C(C)C. The molecule has 0 aliphatic heterocycles. The van der Waals surface area contributed by atoms with Crippen LogP contribution in [0.25, 0.3) is 0 Å². The van der Waals surface area contributed by atoms with E-state index in [4.69, 9.17) is 9.47 Å². The quantitative estimate of drug-likeness (QED) is 0.578. The van der Waals surface area contributed by atoms with Gasteiger partial charge >= 0.3 is 0 Å². The Bertz CT molecular complexity index is 264. The summed E-state index contributed by atoms with van der Waals surface area (Å²) >= 11 is 0. The van der Waals surface area contributed by atoms with Crippen LogP contribution < -0.4 is 5.32 Å². The number of amides is 1. The Balaban J connectivity index is 3.28. The Morgan fingerprint density at radius 2 is 1.63 bits per heavy atom. The molecule has 0 saturated carbocycles. The minimum absolute atomic E-state index is 0.0112. The number of ketones is 1. The van der Waals surface area contributed by atoms with E-state index < -0.39 is 0 Å². The van der Waals surface area contributed by atoms with E-state index in [-0.39, 0.29) is 24.2 Å². The van der Waals surface area contributed by atoms with Crippen molar-refractivity contribution in [2.75, 3.05) is 33.0 Å². The maximum atomic E-state index is 11.3. The highest BCUT2D eigenvalue weighted by molar-refractivity contribution is 5.81. The van der Waals surface area contributed by atoms with Crippen LogP contribution in [0, 0.1) is 11.8 Å². The summed E-state index contributed by atoms with van der Waals surface area (Å²) in [7, 11) is 0. The van der Waals surface area contributed by atoms with Gasteiger partial charge in [0.25, 0.3) is 0 Å². The summed E-state index contributed by atoms with van der Waals surface area (Å²) in [6.45, 7) is 9.67. The molecule has 0 radical (unpaired) electrons. The van der Waals surface area contributed by atoms with Crippen LogP contribution in [0.5, 0.6) is 0 Å². The van der Waals surface area contributed by atoms with Crippen molar-refractivity contribution in [2.24, 2.45) is 11.8 Å². The molecule has 0 bridgehead atoms. The molecule has 5 heteroatoms. The van der Waals surface area contributed by atoms with Gasteiger partial charge in [-0.3, -0.25) is 9.59 Å². The van der Waals surface area contributed by atoms with Crippen LogP contribution in [0.1, 0.15) is 34.1 Å². The molecular weight excluding hydrogens is 246 g/mol. The average Bonchev–Trinajstić information content (AvgIpc) is 2.31. The molecule has 0 heterocycles. The summed E-state index contributed by atoms with van der Waals surface area (Å²) in [6, 6.07) is 0. The Kier molecular flexibility index (Phi) is 10.4. The Morgan fingerprint density at radius 1 is 1.00 bits per heavy atom. The van der Waals surface area contributed by atoms with Crippen molar-refractivity contribution in [1.29, 1.82) is 0 Å². The van der Waals surface area contributed by atoms with Crippen molar-refractivity contribution >= 4 is 11.7 Å². The molecular formula is C14H27NO4. The molecule has 0 aromatic heterocycles. The lowest BCUT2D eigenvalue weighted by Crippen LogP contribution is -2.28. The van der Waals surface area contributed by atoms with Crippen molar-refractivity contribution in [3.05, 3.63) is 0 Å². The number of ether oxygens (including phenoxy) is 2. The lowest BCUT2D eigenvalue weighted by atomic mass is 10.1. The van der Waals surface area contributed by atoms with Crippen LogP contribution >= 0.6 is 0 Å². The summed E-state index contributed by atoms with van der Waals surface area (Å²) in [5.74, 6) is 0.531. The fourth-order valence-electron chi connectivity index (χ4n) is 1.26. The molecule has 1 N–H and O–H groups in total. The Morgan fingerprint density at radius 3 is 2.21 bits per heavy atom. The third kappa shape index (κ3) is 11.9. The van der Waals surface area contributed by atoms with Crippen molar-refractivity contribution in [3.8, 4) is 0 Å². The van der Waals surface area contributed by atoms with Gasteiger partial charge in [-0.05, 0) is 5.92 Å². The Labute approximate surface area is 116 Å². The highest BCUT2D eigenvalue weighted by Crippen LogP contribution is 1.97. The van der Waals surface area contributed by atoms with E-state index in [1.54, 1.807) is 0 Å². The predicted molar refractivity (Wildman–Crippen MR) is 73.9 cm³/mol. The number of Topliss-reactive ketones (excluding diaryl/α,β-unsaturated/α-hetero) is 1. The largest absolute Gasteiger partial charge is 0.377 e. The molecule has 1 amide bonds. The molecule has 5 nitrogen and oxygen atoms in total. The third-order valence-electron chi connectivity index (χ3n) is 2.42. The van der Waals surface area contributed by atoms with Crippen LogP contribution in [0.3, 0.4) is 0 Å². The third-order valence-corrected chi connectivity index (χ3v) is 2.42. The van der Waals surface area contributed by atoms with E-state index in [9.17, 15) is 9.59 Å². The normalized spacial score (nSPS) is 11.1. The molecule has 112 valence electrons. The number of carbonyl (C=O) groups excluding carboxylic acids is 2. The zero-order valence-corrected chi connectivity index (χ0v) is 12.5. The fourth-order valence-corrected chi connectivity index (χ4v) is 1.26. The number of rotatable bonds is 11. The van der Waals surface area contributed by atoms with Gasteiger partial charge in [-0.2, -0.15) is 0 Å². The second-order valence-electron chi connectivity index (χ2n) is 5.23. The molecule has 0 aliphatic rings. The topological polar surface area (TPSA) is 64.6 Å². The first-order valence-electron chi connectivity index (χ1n) is 6.88. The summed E-state index contributed by atoms with van der Waals surface area (Å²) < 4.78 is 10.5. The van der Waals surface area contributed by atoms with Crippen molar-refractivity contribution < 1.29 is 19.1 Å². The lowest BCUT2D eigenvalue weighted by Gasteiger charge is -2.08.